The molecule has 0 aliphatic heterocycles. The molecule has 0 aliphatic carbocycles. The molecule has 0 bridgehead atoms. The van der Waals surface area contributed by atoms with Crippen molar-refractivity contribution in [3.63, 3.8) is 0 Å². The predicted molar refractivity (Wildman–Crippen MR) is 107 cm³/mol. The maximum absolute atomic E-state index is 11.3. The Morgan fingerprint density at radius 3 is 2.46 bits per heavy atom. The predicted octanol–water partition coefficient (Wildman–Crippen LogP) is 5.03. The third kappa shape index (κ3) is 5.99. The van der Waals surface area contributed by atoms with Crippen LogP contribution in [-0.2, 0) is 16.1 Å². The number of esters is 1. The van der Waals surface area contributed by atoms with Crippen molar-refractivity contribution in [2.45, 2.75) is 13.5 Å². The lowest BCUT2D eigenvalue weighted by molar-refractivity contribution is -0.137. The molecule has 0 amide bonds. The normalized spacial score (nSPS) is 10.6. The molecule has 0 unspecified atom stereocenters. The zero-order valence-corrected chi connectivity index (χ0v) is 15.6. The number of ether oxygens (including phenoxy) is 3. The third-order valence-electron chi connectivity index (χ3n) is 3.71. The number of pyridine rings is 1. The van der Waals surface area contributed by atoms with Gasteiger partial charge in [0, 0.05) is 12.1 Å². The van der Waals surface area contributed by atoms with Gasteiger partial charge in [0.1, 0.15) is 18.1 Å². The van der Waals surface area contributed by atoms with E-state index in [9.17, 15) is 4.79 Å². The summed E-state index contributed by atoms with van der Waals surface area (Å²) in [6.45, 7) is 2.46. The second-order valence-corrected chi connectivity index (χ2v) is 5.83. The summed E-state index contributed by atoms with van der Waals surface area (Å²) in [6, 6.07) is 22.5. The maximum Gasteiger partial charge on any atom is 0.330 e. The molecule has 0 radical (unpaired) electrons. The third-order valence-corrected chi connectivity index (χ3v) is 3.71. The molecule has 5 nitrogen and oxygen atoms in total. The van der Waals surface area contributed by atoms with Crippen LogP contribution in [0.4, 0.5) is 0 Å². The van der Waals surface area contributed by atoms with Gasteiger partial charge < -0.3 is 14.2 Å². The lowest BCUT2D eigenvalue weighted by atomic mass is 10.2. The molecule has 0 saturated heterocycles. The van der Waals surface area contributed by atoms with E-state index in [1.54, 1.807) is 19.1 Å². The molecule has 28 heavy (non-hydrogen) atoms. The highest BCUT2D eigenvalue weighted by Gasteiger charge is 2.02. The molecular weight excluding hydrogens is 354 g/mol. The van der Waals surface area contributed by atoms with Gasteiger partial charge in [0.05, 0.1) is 12.3 Å². The molecule has 1 heterocycles. The molecule has 0 saturated carbocycles. The van der Waals surface area contributed by atoms with Crippen LogP contribution in [0.5, 0.6) is 17.4 Å². The Balaban J connectivity index is 1.55. The maximum atomic E-state index is 11.3. The number of aromatic nitrogens is 1. The van der Waals surface area contributed by atoms with Crippen LogP contribution in [0, 0.1) is 0 Å². The van der Waals surface area contributed by atoms with Crippen LogP contribution in [-0.4, -0.2) is 17.6 Å². The van der Waals surface area contributed by atoms with Crippen molar-refractivity contribution in [1.29, 1.82) is 0 Å². The highest BCUT2D eigenvalue weighted by atomic mass is 16.5. The number of rotatable bonds is 8. The molecule has 5 heteroatoms. The summed E-state index contributed by atoms with van der Waals surface area (Å²) in [4.78, 5) is 15.8. The second-order valence-electron chi connectivity index (χ2n) is 5.83. The standard InChI is InChI=1S/C23H21NO4/c1-2-26-23(25)16-13-18-11-14-20(15-12-18)27-17-19-7-6-10-22(24-19)28-21-8-4-3-5-9-21/h3-16H,2,17H2,1H3/b16-13+. The van der Waals surface area contributed by atoms with Crippen molar-refractivity contribution >= 4 is 12.0 Å². The van der Waals surface area contributed by atoms with Gasteiger partial charge in [-0.3, -0.25) is 0 Å². The van der Waals surface area contributed by atoms with Crippen molar-refractivity contribution in [2.75, 3.05) is 6.61 Å². The van der Waals surface area contributed by atoms with Crippen molar-refractivity contribution in [2.24, 2.45) is 0 Å². The minimum Gasteiger partial charge on any atom is -0.487 e. The van der Waals surface area contributed by atoms with E-state index in [4.69, 9.17) is 14.2 Å². The Labute approximate surface area is 164 Å². The molecule has 0 atom stereocenters. The lowest BCUT2D eigenvalue weighted by Gasteiger charge is -2.08. The fourth-order valence-corrected chi connectivity index (χ4v) is 2.39. The smallest absolute Gasteiger partial charge is 0.330 e. The van der Waals surface area contributed by atoms with Gasteiger partial charge in [-0.25, -0.2) is 9.78 Å². The highest BCUT2D eigenvalue weighted by Crippen LogP contribution is 2.20. The number of para-hydroxylation sites is 1. The number of hydrogen-bond donors (Lipinski definition) is 0. The largest absolute Gasteiger partial charge is 0.487 e. The van der Waals surface area contributed by atoms with Crippen molar-refractivity contribution in [3.05, 3.63) is 90.1 Å². The van der Waals surface area contributed by atoms with Gasteiger partial charge in [-0.2, -0.15) is 0 Å². The summed E-state index contributed by atoms with van der Waals surface area (Å²) in [5.74, 6) is 1.61. The molecule has 3 rings (SSSR count). The summed E-state index contributed by atoms with van der Waals surface area (Å²) in [6.07, 6.45) is 3.11. The van der Waals surface area contributed by atoms with Crippen LogP contribution in [0.25, 0.3) is 6.08 Å². The minimum absolute atomic E-state index is 0.323. The topological polar surface area (TPSA) is 57.7 Å². The van der Waals surface area contributed by atoms with Crippen LogP contribution in [0.1, 0.15) is 18.2 Å². The Hall–Kier alpha value is -3.60. The van der Waals surface area contributed by atoms with Crippen molar-refractivity contribution < 1.29 is 19.0 Å². The number of nitrogens with zero attached hydrogens (tertiary/aromatic N) is 1. The molecule has 1 aromatic heterocycles. The van der Waals surface area contributed by atoms with E-state index in [0.717, 1.165) is 17.0 Å². The Morgan fingerprint density at radius 1 is 0.929 bits per heavy atom. The number of carbonyl (C=O) groups is 1. The average molecular weight is 375 g/mol. The van der Waals surface area contributed by atoms with Crippen LogP contribution in [0.2, 0.25) is 0 Å². The first-order chi connectivity index (χ1) is 13.7. The SMILES string of the molecule is CCOC(=O)/C=C/c1ccc(OCc2cccc(Oc3ccccc3)n2)cc1. The zero-order valence-electron chi connectivity index (χ0n) is 15.6. The first-order valence-corrected chi connectivity index (χ1v) is 8.99. The molecule has 142 valence electrons. The van der Waals surface area contributed by atoms with Gasteiger partial charge in [-0.1, -0.05) is 36.4 Å². The van der Waals surface area contributed by atoms with Crippen LogP contribution < -0.4 is 9.47 Å². The van der Waals surface area contributed by atoms with E-state index in [-0.39, 0.29) is 5.97 Å². The van der Waals surface area contributed by atoms with Crippen molar-refractivity contribution in [3.8, 4) is 17.4 Å². The number of hydrogen-bond acceptors (Lipinski definition) is 5. The molecule has 3 aromatic rings. The molecule has 2 aromatic carbocycles. The van der Waals surface area contributed by atoms with E-state index in [1.807, 2.05) is 66.7 Å². The summed E-state index contributed by atoms with van der Waals surface area (Å²) >= 11 is 0. The summed E-state index contributed by atoms with van der Waals surface area (Å²) in [5, 5.41) is 0. The van der Waals surface area contributed by atoms with Gasteiger partial charge in [0.15, 0.2) is 0 Å². The van der Waals surface area contributed by atoms with Gasteiger partial charge >= 0.3 is 5.97 Å². The molecular formula is C23H21NO4. The number of benzene rings is 2. The summed E-state index contributed by atoms with van der Waals surface area (Å²) in [5.41, 5.74) is 1.65. The van der Waals surface area contributed by atoms with Crippen LogP contribution >= 0.6 is 0 Å². The zero-order chi connectivity index (χ0) is 19.6. The van der Waals surface area contributed by atoms with Crippen molar-refractivity contribution in [1.82, 2.24) is 4.98 Å². The monoisotopic (exact) mass is 375 g/mol. The summed E-state index contributed by atoms with van der Waals surface area (Å²) in [7, 11) is 0. The Bertz CT molecular complexity index is 921. The van der Waals surface area contributed by atoms with Gasteiger partial charge in [0.25, 0.3) is 0 Å². The molecule has 0 aliphatic rings. The quantitative estimate of drug-likeness (QED) is 0.408. The highest BCUT2D eigenvalue weighted by molar-refractivity contribution is 5.87. The molecule has 0 fully saturated rings. The first kappa shape index (κ1) is 19.2. The Morgan fingerprint density at radius 2 is 1.71 bits per heavy atom. The molecule has 0 spiro atoms. The average Bonchev–Trinajstić information content (AvgIpc) is 2.73. The minimum atomic E-state index is -0.355. The Kier molecular flexibility index (Phi) is 6.79. The van der Waals surface area contributed by atoms with Crippen LogP contribution in [0.3, 0.4) is 0 Å². The van der Waals surface area contributed by atoms with Crippen LogP contribution in [0.15, 0.2) is 78.9 Å². The van der Waals surface area contributed by atoms with Gasteiger partial charge in [-0.15, -0.1) is 0 Å². The first-order valence-electron chi connectivity index (χ1n) is 8.99. The second kappa shape index (κ2) is 9.92. The van der Waals surface area contributed by atoms with E-state index in [2.05, 4.69) is 4.98 Å². The van der Waals surface area contributed by atoms with Gasteiger partial charge in [0.2, 0.25) is 5.88 Å². The fourth-order valence-electron chi connectivity index (χ4n) is 2.39. The fraction of sp³-hybridized carbons (Fsp3) is 0.130. The molecule has 0 N–H and O–H groups in total. The van der Waals surface area contributed by atoms with E-state index < -0.39 is 0 Å². The lowest BCUT2D eigenvalue weighted by Crippen LogP contribution is -1.99. The van der Waals surface area contributed by atoms with E-state index in [1.165, 1.54) is 6.08 Å². The van der Waals surface area contributed by atoms with Gasteiger partial charge in [-0.05, 0) is 48.9 Å². The summed E-state index contributed by atoms with van der Waals surface area (Å²) < 4.78 is 16.4. The number of carbonyl (C=O) groups excluding carboxylic acids is 1. The van der Waals surface area contributed by atoms with E-state index >= 15 is 0 Å². The van der Waals surface area contributed by atoms with E-state index in [0.29, 0.717) is 24.8 Å².